The molecular formula is C25H30N4O2. The highest BCUT2D eigenvalue weighted by Gasteiger charge is 2.37. The third-order valence-electron chi connectivity index (χ3n) is 5.89. The molecule has 6 heteroatoms. The van der Waals surface area contributed by atoms with Gasteiger partial charge in [0.1, 0.15) is 11.9 Å². The van der Waals surface area contributed by atoms with Crippen LogP contribution in [0.25, 0.3) is 11.0 Å². The summed E-state index contributed by atoms with van der Waals surface area (Å²) >= 11 is 0. The SMILES string of the molecule is CC(C)CC(C(=O)NC(c1nc2ccccc2[nH]1)C(C)C)N1Cc2ccccc2C1=O. The molecule has 2 heterocycles. The minimum absolute atomic E-state index is 0.0683. The van der Waals surface area contributed by atoms with E-state index in [4.69, 9.17) is 4.98 Å². The molecule has 4 rings (SSSR count). The lowest BCUT2D eigenvalue weighted by Gasteiger charge is -2.30. The molecule has 2 unspecified atom stereocenters. The van der Waals surface area contributed by atoms with Gasteiger partial charge in [0.25, 0.3) is 5.91 Å². The minimum Gasteiger partial charge on any atom is -0.344 e. The van der Waals surface area contributed by atoms with Gasteiger partial charge in [0.15, 0.2) is 0 Å². The molecule has 0 saturated carbocycles. The molecule has 2 atom stereocenters. The summed E-state index contributed by atoms with van der Waals surface area (Å²) < 4.78 is 0. The molecule has 0 saturated heterocycles. The highest BCUT2D eigenvalue weighted by Crippen LogP contribution is 2.28. The van der Waals surface area contributed by atoms with Crippen LogP contribution in [0, 0.1) is 11.8 Å². The van der Waals surface area contributed by atoms with Crippen molar-refractivity contribution in [3.05, 3.63) is 65.5 Å². The summed E-state index contributed by atoms with van der Waals surface area (Å²) in [5, 5.41) is 3.20. The molecule has 2 amide bonds. The highest BCUT2D eigenvalue weighted by atomic mass is 16.2. The van der Waals surface area contributed by atoms with E-state index in [1.165, 1.54) is 0 Å². The fraction of sp³-hybridized carbons (Fsp3) is 0.400. The first kappa shape index (κ1) is 21.1. The third-order valence-corrected chi connectivity index (χ3v) is 5.89. The van der Waals surface area contributed by atoms with Crippen LogP contribution in [0.4, 0.5) is 0 Å². The van der Waals surface area contributed by atoms with Gasteiger partial charge in [-0.1, -0.05) is 58.0 Å². The Bertz CT molecular complexity index is 1070. The van der Waals surface area contributed by atoms with Crippen LogP contribution in [0.15, 0.2) is 48.5 Å². The zero-order valence-electron chi connectivity index (χ0n) is 18.6. The van der Waals surface area contributed by atoms with Gasteiger partial charge in [0.05, 0.1) is 17.1 Å². The summed E-state index contributed by atoms with van der Waals surface area (Å²) in [6, 6.07) is 14.7. The average molecular weight is 419 g/mol. The van der Waals surface area contributed by atoms with Gasteiger partial charge in [-0.05, 0) is 42.0 Å². The van der Waals surface area contributed by atoms with Crippen molar-refractivity contribution in [1.82, 2.24) is 20.2 Å². The van der Waals surface area contributed by atoms with E-state index in [0.717, 1.165) is 22.4 Å². The largest absolute Gasteiger partial charge is 0.344 e. The van der Waals surface area contributed by atoms with E-state index in [1.54, 1.807) is 4.90 Å². The fourth-order valence-corrected chi connectivity index (χ4v) is 4.27. The molecule has 0 aliphatic carbocycles. The van der Waals surface area contributed by atoms with Gasteiger partial charge in [0.2, 0.25) is 5.91 Å². The molecule has 1 aromatic heterocycles. The van der Waals surface area contributed by atoms with E-state index in [1.807, 2.05) is 48.5 Å². The summed E-state index contributed by atoms with van der Waals surface area (Å²) in [5.74, 6) is 0.950. The van der Waals surface area contributed by atoms with Gasteiger partial charge < -0.3 is 15.2 Å². The van der Waals surface area contributed by atoms with Crippen LogP contribution < -0.4 is 5.32 Å². The van der Waals surface area contributed by atoms with Gasteiger partial charge in [-0.15, -0.1) is 0 Å². The Labute approximate surface area is 183 Å². The van der Waals surface area contributed by atoms with Crippen molar-refractivity contribution in [3.8, 4) is 0 Å². The molecule has 162 valence electrons. The van der Waals surface area contributed by atoms with Crippen molar-refractivity contribution in [2.45, 2.75) is 52.7 Å². The Morgan fingerprint density at radius 2 is 1.81 bits per heavy atom. The van der Waals surface area contributed by atoms with Crippen molar-refractivity contribution in [2.24, 2.45) is 11.8 Å². The maximum atomic E-state index is 13.5. The predicted octanol–water partition coefficient (Wildman–Crippen LogP) is 4.45. The Morgan fingerprint density at radius 1 is 1.10 bits per heavy atom. The number of nitrogens with one attached hydrogen (secondary N) is 2. The number of aromatic nitrogens is 2. The normalized spacial score (nSPS) is 15.5. The number of carbonyl (C=O) groups is 2. The van der Waals surface area contributed by atoms with Crippen LogP contribution in [-0.2, 0) is 11.3 Å². The molecule has 0 bridgehead atoms. The Morgan fingerprint density at radius 3 is 2.48 bits per heavy atom. The maximum absolute atomic E-state index is 13.5. The summed E-state index contributed by atoms with van der Waals surface area (Å²) in [6.45, 7) is 8.75. The highest BCUT2D eigenvalue weighted by molar-refractivity contribution is 6.01. The smallest absolute Gasteiger partial charge is 0.255 e. The van der Waals surface area contributed by atoms with E-state index in [9.17, 15) is 9.59 Å². The second-order valence-corrected chi connectivity index (χ2v) is 9.11. The number of H-pyrrole nitrogens is 1. The van der Waals surface area contributed by atoms with Crippen molar-refractivity contribution >= 4 is 22.8 Å². The van der Waals surface area contributed by atoms with Crippen LogP contribution in [0.1, 0.15) is 61.9 Å². The molecule has 1 aliphatic heterocycles. The topological polar surface area (TPSA) is 78.1 Å². The quantitative estimate of drug-likeness (QED) is 0.595. The van der Waals surface area contributed by atoms with Gasteiger partial charge >= 0.3 is 0 Å². The summed E-state index contributed by atoms with van der Waals surface area (Å²) in [5.41, 5.74) is 3.50. The first-order valence-corrected chi connectivity index (χ1v) is 11.0. The van der Waals surface area contributed by atoms with Gasteiger partial charge in [-0.3, -0.25) is 9.59 Å². The lowest BCUT2D eigenvalue weighted by molar-refractivity contribution is -0.127. The number of hydrogen-bond acceptors (Lipinski definition) is 3. The number of hydrogen-bond donors (Lipinski definition) is 2. The van der Waals surface area contributed by atoms with Crippen molar-refractivity contribution in [2.75, 3.05) is 0 Å². The van der Waals surface area contributed by atoms with Crippen molar-refractivity contribution < 1.29 is 9.59 Å². The van der Waals surface area contributed by atoms with Gasteiger partial charge in [0, 0.05) is 12.1 Å². The summed E-state index contributed by atoms with van der Waals surface area (Å²) in [4.78, 5) is 36.3. The van der Waals surface area contributed by atoms with Crippen LogP contribution in [0.5, 0.6) is 0 Å². The van der Waals surface area contributed by atoms with Crippen LogP contribution >= 0.6 is 0 Å². The number of para-hydroxylation sites is 2. The van der Waals surface area contributed by atoms with E-state index in [2.05, 4.69) is 38.0 Å². The molecule has 0 radical (unpaired) electrons. The first-order valence-electron chi connectivity index (χ1n) is 11.0. The molecule has 0 fully saturated rings. The van der Waals surface area contributed by atoms with Crippen LogP contribution in [-0.4, -0.2) is 32.7 Å². The zero-order chi connectivity index (χ0) is 22.1. The number of fused-ring (bicyclic) bond motifs is 2. The Balaban J connectivity index is 1.60. The van der Waals surface area contributed by atoms with E-state index in [-0.39, 0.29) is 29.7 Å². The number of imidazole rings is 1. The Hall–Kier alpha value is -3.15. The molecule has 2 aromatic carbocycles. The summed E-state index contributed by atoms with van der Waals surface area (Å²) in [7, 11) is 0. The lowest BCUT2D eigenvalue weighted by Crippen LogP contribution is -2.49. The number of nitrogens with zero attached hydrogens (tertiary/aromatic N) is 2. The van der Waals surface area contributed by atoms with Crippen LogP contribution in [0.2, 0.25) is 0 Å². The van der Waals surface area contributed by atoms with Crippen molar-refractivity contribution in [3.63, 3.8) is 0 Å². The number of amides is 2. The molecule has 31 heavy (non-hydrogen) atoms. The van der Waals surface area contributed by atoms with E-state index < -0.39 is 6.04 Å². The molecule has 2 N–H and O–H groups in total. The standard InChI is InChI=1S/C25H30N4O2/c1-15(2)13-21(29-14-17-9-5-6-10-18(17)25(29)31)24(30)28-22(16(3)4)23-26-19-11-7-8-12-20(19)27-23/h5-12,15-16,21-22H,13-14H2,1-4H3,(H,26,27)(H,28,30). The first-order chi connectivity index (χ1) is 14.8. The zero-order valence-corrected chi connectivity index (χ0v) is 18.6. The Kier molecular flexibility index (Phi) is 5.81. The third kappa shape index (κ3) is 4.20. The molecule has 0 spiro atoms. The molecule has 3 aromatic rings. The second kappa shape index (κ2) is 8.53. The predicted molar refractivity (Wildman–Crippen MR) is 121 cm³/mol. The molecule has 6 nitrogen and oxygen atoms in total. The fourth-order valence-electron chi connectivity index (χ4n) is 4.27. The number of carbonyl (C=O) groups excluding carboxylic acids is 2. The molecule has 1 aliphatic rings. The number of rotatable bonds is 7. The van der Waals surface area contributed by atoms with Crippen molar-refractivity contribution in [1.29, 1.82) is 0 Å². The van der Waals surface area contributed by atoms with E-state index >= 15 is 0 Å². The average Bonchev–Trinajstić information content (AvgIpc) is 3.31. The monoisotopic (exact) mass is 418 g/mol. The summed E-state index contributed by atoms with van der Waals surface area (Å²) in [6.07, 6.45) is 0.608. The minimum atomic E-state index is -0.523. The second-order valence-electron chi connectivity index (χ2n) is 9.11. The lowest BCUT2D eigenvalue weighted by atomic mass is 9.99. The molecular weight excluding hydrogens is 388 g/mol. The number of benzene rings is 2. The number of aromatic amines is 1. The maximum Gasteiger partial charge on any atom is 0.255 e. The van der Waals surface area contributed by atoms with Gasteiger partial charge in [-0.25, -0.2) is 4.98 Å². The van der Waals surface area contributed by atoms with E-state index in [0.29, 0.717) is 18.5 Å². The van der Waals surface area contributed by atoms with Gasteiger partial charge in [-0.2, -0.15) is 0 Å². The van der Waals surface area contributed by atoms with Crippen LogP contribution in [0.3, 0.4) is 0 Å².